The molecule has 0 atom stereocenters. The second-order valence-corrected chi connectivity index (χ2v) is 1.73. The molecule has 56 valence electrons. The minimum absolute atomic E-state index is 0.760. The van der Waals surface area contributed by atoms with Crippen molar-refractivity contribution in [2.45, 2.75) is 13.8 Å². The van der Waals surface area contributed by atoms with E-state index in [-0.39, 0.29) is 0 Å². The first-order chi connectivity index (χ1) is 4.88. The number of hydrogen-bond acceptors (Lipinski definition) is 6. The van der Waals surface area contributed by atoms with Crippen LogP contribution in [0.15, 0.2) is 20.9 Å². The highest BCUT2D eigenvalue weighted by atomic mass is 16.0. The summed E-state index contributed by atoms with van der Waals surface area (Å²) in [7, 11) is 0. The van der Waals surface area contributed by atoms with Crippen molar-refractivity contribution in [3.05, 3.63) is 0 Å². The molecule has 0 spiro atoms. The van der Waals surface area contributed by atoms with Gasteiger partial charge in [0.1, 0.15) is 0 Å². The van der Waals surface area contributed by atoms with Crippen LogP contribution in [0.1, 0.15) is 13.8 Å². The van der Waals surface area contributed by atoms with Gasteiger partial charge in [0, 0.05) is 0 Å². The molecule has 1 heterocycles. The van der Waals surface area contributed by atoms with E-state index in [1.807, 2.05) is 13.8 Å². The SMILES string of the molecule is CCN1N=NN=NN1CC. The second-order valence-electron chi connectivity index (χ2n) is 1.73. The Labute approximate surface area is 59.1 Å². The third kappa shape index (κ3) is 1.20. The monoisotopic (exact) mass is 142 g/mol. The molecule has 0 unspecified atom stereocenters. The molecule has 1 rings (SSSR count). The Balaban J connectivity index is 2.55. The van der Waals surface area contributed by atoms with Crippen molar-refractivity contribution in [2.75, 3.05) is 13.1 Å². The molecule has 0 fully saturated rings. The molecule has 0 radical (unpaired) electrons. The fourth-order valence-electron chi connectivity index (χ4n) is 0.673. The summed E-state index contributed by atoms with van der Waals surface area (Å²) < 4.78 is 0. The van der Waals surface area contributed by atoms with Crippen LogP contribution in [0.25, 0.3) is 0 Å². The lowest BCUT2D eigenvalue weighted by atomic mass is 10.7. The van der Waals surface area contributed by atoms with Crippen LogP contribution in [0.3, 0.4) is 0 Å². The average molecular weight is 142 g/mol. The molecule has 0 aromatic rings. The van der Waals surface area contributed by atoms with E-state index in [2.05, 4.69) is 20.9 Å². The van der Waals surface area contributed by atoms with Gasteiger partial charge in [-0.15, -0.1) is 0 Å². The predicted octanol–water partition coefficient (Wildman–Crippen LogP) is 1.21. The highest BCUT2D eigenvalue weighted by Gasteiger charge is 2.09. The largest absolute Gasteiger partial charge is 0.168 e. The van der Waals surface area contributed by atoms with Crippen molar-refractivity contribution in [3.63, 3.8) is 0 Å². The quantitative estimate of drug-likeness (QED) is 0.581. The highest BCUT2D eigenvalue weighted by Crippen LogP contribution is 2.05. The van der Waals surface area contributed by atoms with Crippen LogP contribution in [-0.4, -0.2) is 23.3 Å². The van der Waals surface area contributed by atoms with Gasteiger partial charge in [0.05, 0.1) is 13.1 Å². The summed E-state index contributed by atoms with van der Waals surface area (Å²) in [5, 5.41) is 17.5. The minimum atomic E-state index is 0.760. The number of rotatable bonds is 2. The number of hydrogen-bond donors (Lipinski definition) is 0. The summed E-state index contributed by atoms with van der Waals surface area (Å²) in [4.78, 5) is 0. The number of nitrogens with zero attached hydrogens (tertiary/aromatic N) is 6. The molecule has 1 aliphatic rings. The first-order valence-corrected chi connectivity index (χ1v) is 3.25. The molecule has 0 N–H and O–H groups in total. The van der Waals surface area contributed by atoms with Gasteiger partial charge in [-0.25, -0.2) is 0 Å². The molecule has 10 heavy (non-hydrogen) atoms. The Hall–Kier alpha value is -1.20. The van der Waals surface area contributed by atoms with Crippen molar-refractivity contribution in [1.29, 1.82) is 0 Å². The van der Waals surface area contributed by atoms with E-state index >= 15 is 0 Å². The smallest absolute Gasteiger partial charge is 0.0593 e. The standard InChI is InChI=1S/C4H10N6/c1-3-9-7-5-6-8-10(9)4-2/h3-4H2,1-2H3. The summed E-state index contributed by atoms with van der Waals surface area (Å²) in [5.74, 6) is 0. The van der Waals surface area contributed by atoms with Crippen molar-refractivity contribution >= 4 is 0 Å². The maximum Gasteiger partial charge on any atom is 0.0593 e. The Morgan fingerprint density at radius 2 is 1.30 bits per heavy atom. The summed E-state index contributed by atoms with van der Waals surface area (Å²) in [6.07, 6.45) is 0. The molecule has 0 saturated carbocycles. The molecular formula is C4H10N6. The first kappa shape index (κ1) is 6.91. The summed E-state index contributed by atoms with van der Waals surface area (Å²) in [5.41, 5.74) is 0. The lowest BCUT2D eigenvalue weighted by Crippen LogP contribution is -2.35. The van der Waals surface area contributed by atoms with E-state index in [1.54, 1.807) is 10.2 Å². The molecule has 0 aromatic carbocycles. The van der Waals surface area contributed by atoms with Crippen LogP contribution < -0.4 is 0 Å². The third-order valence-corrected chi connectivity index (χ3v) is 1.16. The lowest BCUT2D eigenvalue weighted by molar-refractivity contribution is -0.0441. The van der Waals surface area contributed by atoms with Gasteiger partial charge in [-0.2, -0.15) is 10.2 Å². The van der Waals surface area contributed by atoms with Gasteiger partial charge in [-0.05, 0) is 34.7 Å². The van der Waals surface area contributed by atoms with Crippen LogP contribution in [0.2, 0.25) is 0 Å². The molecule has 0 aromatic heterocycles. The molecule has 0 saturated heterocycles. The molecular weight excluding hydrogens is 132 g/mol. The zero-order valence-electron chi connectivity index (χ0n) is 6.10. The van der Waals surface area contributed by atoms with Crippen LogP contribution >= 0.6 is 0 Å². The maximum atomic E-state index is 3.72. The normalized spacial score (nSPS) is 16.6. The van der Waals surface area contributed by atoms with Gasteiger partial charge in [-0.3, -0.25) is 0 Å². The van der Waals surface area contributed by atoms with E-state index in [0.717, 1.165) is 13.1 Å². The zero-order chi connectivity index (χ0) is 7.40. The third-order valence-electron chi connectivity index (χ3n) is 1.16. The minimum Gasteiger partial charge on any atom is -0.168 e. The van der Waals surface area contributed by atoms with Crippen LogP contribution in [0.5, 0.6) is 0 Å². The molecule has 6 nitrogen and oxygen atoms in total. The molecule has 0 bridgehead atoms. The van der Waals surface area contributed by atoms with Gasteiger partial charge in [0.2, 0.25) is 0 Å². The second kappa shape index (κ2) is 3.09. The highest BCUT2D eigenvalue weighted by molar-refractivity contribution is 4.41. The van der Waals surface area contributed by atoms with E-state index < -0.39 is 0 Å². The van der Waals surface area contributed by atoms with E-state index in [0.29, 0.717) is 0 Å². The Kier molecular flexibility index (Phi) is 2.14. The van der Waals surface area contributed by atoms with E-state index in [1.165, 1.54) is 0 Å². The molecule has 6 heteroatoms. The number of hydrazine groups is 1. The van der Waals surface area contributed by atoms with Crippen molar-refractivity contribution in [2.24, 2.45) is 20.9 Å². The Bertz CT molecular complexity index is 134. The van der Waals surface area contributed by atoms with Gasteiger partial charge >= 0.3 is 0 Å². The molecule has 1 aliphatic heterocycles. The van der Waals surface area contributed by atoms with Gasteiger partial charge in [0.25, 0.3) is 0 Å². The van der Waals surface area contributed by atoms with E-state index in [9.17, 15) is 0 Å². The zero-order valence-corrected chi connectivity index (χ0v) is 6.10. The van der Waals surface area contributed by atoms with Gasteiger partial charge < -0.3 is 0 Å². The van der Waals surface area contributed by atoms with Crippen LogP contribution in [0, 0.1) is 0 Å². The van der Waals surface area contributed by atoms with E-state index in [4.69, 9.17) is 0 Å². The maximum absolute atomic E-state index is 3.72. The summed E-state index contributed by atoms with van der Waals surface area (Å²) in [6.45, 7) is 5.47. The predicted molar refractivity (Wildman–Crippen MR) is 34.5 cm³/mol. The van der Waals surface area contributed by atoms with Gasteiger partial charge in [-0.1, -0.05) is 0 Å². The van der Waals surface area contributed by atoms with Crippen LogP contribution in [0.4, 0.5) is 0 Å². The Morgan fingerprint density at radius 3 is 1.60 bits per heavy atom. The van der Waals surface area contributed by atoms with Crippen LogP contribution in [-0.2, 0) is 0 Å². The topological polar surface area (TPSA) is 55.9 Å². The van der Waals surface area contributed by atoms with Gasteiger partial charge in [0.15, 0.2) is 0 Å². The summed E-state index contributed by atoms with van der Waals surface area (Å²) >= 11 is 0. The summed E-state index contributed by atoms with van der Waals surface area (Å²) in [6, 6.07) is 0. The molecule has 0 amide bonds. The Morgan fingerprint density at radius 1 is 0.900 bits per heavy atom. The fraction of sp³-hybridized carbons (Fsp3) is 1.00. The first-order valence-electron chi connectivity index (χ1n) is 3.25. The average Bonchev–Trinajstić information content (AvgIpc) is 2.04. The van der Waals surface area contributed by atoms with Crippen molar-refractivity contribution in [3.8, 4) is 0 Å². The van der Waals surface area contributed by atoms with Crippen molar-refractivity contribution < 1.29 is 0 Å². The molecule has 0 aliphatic carbocycles. The van der Waals surface area contributed by atoms with Crippen molar-refractivity contribution in [1.82, 2.24) is 10.2 Å². The fourth-order valence-corrected chi connectivity index (χ4v) is 0.673. The lowest BCUT2D eigenvalue weighted by Gasteiger charge is -2.25.